The molecule has 0 aliphatic rings. The summed E-state index contributed by atoms with van der Waals surface area (Å²) in [5, 5.41) is 2.02. The van der Waals surface area contributed by atoms with Crippen molar-refractivity contribution in [1.82, 2.24) is 0 Å². The molecule has 0 fully saturated rings. The summed E-state index contributed by atoms with van der Waals surface area (Å²) in [7, 11) is 1.63. The van der Waals surface area contributed by atoms with Crippen LogP contribution in [0.4, 0.5) is 0 Å². The summed E-state index contributed by atoms with van der Waals surface area (Å²) in [5.74, 6) is 1.83. The number of thiophene rings is 1. The van der Waals surface area contributed by atoms with Gasteiger partial charge in [0.15, 0.2) is 11.5 Å². The Balaban J connectivity index is 2.20. The molecule has 0 saturated heterocycles. The summed E-state index contributed by atoms with van der Waals surface area (Å²) in [6.07, 6.45) is 0. The Morgan fingerprint density at radius 2 is 2.17 bits per heavy atom. The second-order valence-corrected chi connectivity index (χ2v) is 5.68. The third kappa shape index (κ3) is 2.99. The maximum absolute atomic E-state index is 5.91. The molecular formula is C13H12BrClO2S. The van der Waals surface area contributed by atoms with Crippen molar-refractivity contribution in [1.29, 1.82) is 0 Å². The summed E-state index contributed by atoms with van der Waals surface area (Å²) < 4.78 is 12.2. The van der Waals surface area contributed by atoms with E-state index in [1.807, 2.05) is 29.6 Å². The van der Waals surface area contributed by atoms with E-state index in [4.69, 9.17) is 21.1 Å². The number of para-hydroxylation sites is 1. The molecule has 0 spiro atoms. The van der Waals surface area contributed by atoms with Crippen molar-refractivity contribution in [3.8, 4) is 11.5 Å². The van der Waals surface area contributed by atoms with E-state index < -0.39 is 0 Å². The molecule has 0 saturated carbocycles. The van der Waals surface area contributed by atoms with E-state index in [9.17, 15) is 0 Å². The first kappa shape index (κ1) is 13.7. The standard InChI is InChI=1S/C13H12BrClO2S/c1-16-11-4-2-3-9(7-15)13(11)17-8-12-10(14)5-6-18-12/h2-6H,7-8H2,1H3. The summed E-state index contributed by atoms with van der Waals surface area (Å²) in [4.78, 5) is 1.14. The topological polar surface area (TPSA) is 18.5 Å². The second kappa shape index (κ2) is 6.45. The van der Waals surface area contributed by atoms with Gasteiger partial charge in [-0.1, -0.05) is 12.1 Å². The molecule has 1 aromatic heterocycles. The predicted octanol–water partition coefficient (Wildman–Crippen LogP) is 4.84. The van der Waals surface area contributed by atoms with Crippen molar-refractivity contribution in [3.05, 3.63) is 44.6 Å². The quantitative estimate of drug-likeness (QED) is 0.721. The summed E-state index contributed by atoms with van der Waals surface area (Å²) >= 11 is 11.0. The van der Waals surface area contributed by atoms with Gasteiger partial charge in [0.05, 0.1) is 17.9 Å². The van der Waals surface area contributed by atoms with Crippen molar-refractivity contribution in [3.63, 3.8) is 0 Å². The fourth-order valence-electron chi connectivity index (χ4n) is 1.56. The van der Waals surface area contributed by atoms with Gasteiger partial charge in [0.25, 0.3) is 0 Å². The minimum Gasteiger partial charge on any atom is -0.493 e. The lowest BCUT2D eigenvalue weighted by Gasteiger charge is -2.13. The molecule has 0 atom stereocenters. The van der Waals surface area contributed by atoms with Crippen LogP contribution in [0.2, 0.25) is 0 Å². The van der Waals surface area contributed by atoms with Crippen LogP contribution in [-0.2, 0) is 12.5 Å². The molecule has 0 unspecified atom stereocenters. The lowest BCUT2D eigenvalue weighted by atomic mass is 10.2. The average Bonchev–Trinajstić information content (AvgIpc) is 2.81. The predicted molar refractivity (Wildman–Crippen MR) is 78.9 cm³/mol. The molecule has 0 aliphatic carbocycles. The Morgan fingerprint density at radius 1 is 1.33 bits per heavy atom. The number of methoxy groups -OCH3 is 1. The van der Waals surface area contributed by atoms with Crippen molar-refractivity contribution in [2.75, 3.05) is 7.11 Å². The fraction of sp³-hybridized carbons (Fsp3) is 0.231. The summed E-state index contributed by atoms with van der Waals surface area (Å²) in [6.45, 7) is 0.502. The van der Waals surface area contributed by atoms with E-state index in [0.29, 0.717) is 18.2 Å². The minimum atomic E-state index is 0.401. The van der Waals surface area contributed by atoms with Gasteiger partial charge in [-0.3, -0.25) is 0 Å². The first-order chi connectivity index (χ1) is 8.76. The number of alkyl halides is 1. The normalized spacial score (nSPS) is 10.4. The molecule has 5 heteroatoms. The van der Waals surface area contributed by atoms with Crippen LogP contribution in [0.3, 0.4) is 0 Å². The Kier molecular flexibility index (Phi) is 4.92. The molecule has 1 heterocycles. The molecule has 96 valence electrons. The van der Waals surface area contributed by atoms with Crippen molar-refractivity contribution in [2.24, 2.45) is 0 Å². The monoisotopic (exact) mass is 346 g/mol. The van der Waals surface area contributed by atoms with Crippen LogP contribution in [0.1, 0.15) is 10.4 Å². The molecule has 2 aromatic rings. The molecule has 2 nitrogen and oxygen atoms in total. The summed E-state index contributed by atoms with van der Waals surface area (Å²) in [6, 6.07) is 7.72. The molecular weight excluding hydrogens is 336 g/mol. The van der Waals surface area contributed by atoms with Crippen LogP contribution >= 0.6 is 38.9 Å². The highest BCUT2D eigenvalue weighted by molar-refractivity contribution is 9.10. The lowest BCUT2D eigenvalue weighted by Crippen LogP contribution is -1.99. The third-order valence-corrected chi connectivity index (χ3v) is 4.65. The van der Waals surface area contributed by atoms with Gasteiger partial charge in [-0.15, -0.1) is 22.9 Å². The Bertz CT molecular complexity index is 505. The van der Waals surface area contributed by atoms with Crippen molar-refractivity contribution >= 4 is 38.9 Å². The maximum atomic E-state index is 5.91. The highest BCUT2D eigenvalue weighted by Crippen LogP contribution is 2.34. The number of ether oxygens (including phenoxy) is 2. The van der Waals surface area contributed by atoms with E-state index in [0.717, 1.165) is 20.7 Å². The van der Waals surface area contributed by atoms with Crippen LogP contribution in [0.25, 0.3) is 0 Å². The van der Waals surface area contributed by atoms with Gasteiger partial charge in [-0.25, -0.2) is 0 Å². The van der Waals surface area contributed by atoms with Gasteiger partial charge in [-0.2, -0.15) is 0 Å². The second-order valence-electron chi connectivity index (χ2n) is 3.56. The Morgan fingerprint density at radius 3 is 2.78 bits per heavy atom. The lowest BCUT2D eigenvalue weighted by molar-refractivity contribution is 0.284. The fourth-order valence-corrected chi connectivity index (χ4v) is 3.15. The first-order valence-corrected chi connectivity index (χ1v) is 7.53. The van der Waals surface area contributed by atoms with Gasteiger partial charge >= 0.3 is 0 Å². The number of halogens is 2. The summed E-state index contributed by atoms with van der Waals surface area (Å²) in [5.41, 5.74) is 0.934. The molecule has 0 N–H and O–H groups in total. The average molecular weight is 348 g/mol. The van der Waals surface area contributed by atoms with E-state index >= 15 is 0 Å². The molecule has 0 radical (unpaired) electrons. The van der Waals surface area contributed by atoms with Crippen LogP contribution < -0.4 is 9.47 Å². The van der Waals surface area contributed by atoms with Crippen LogP contribution in [0, 0.1) is 0 Å². The van der Waals surface area contributed by atoms with Crippen LogP contribution in [0.15, 0.2) is 34.1 Å². The zero-order valence-electron chi connectivity index (χ0n) is 9.78. The highest BCUT2D eigenvalue weighted by atomic mass is 79.9. The SMILES string of the molecule is COc1cccc(CCl)c1OCc1sccc1Br. The zero-order valence-corrected chi connectivity index (χ0v) is 12.9. The number of rotatable bonds is 5. The Labute approximate surface area is 124 Å². The molecule has 18 heavy (non-hydrogen) atoms. The molecule has 1 aromatic carbocycles. The van der Waals surface area contributed by atoms with Crippen LogP contribution in [0.5, 0.6) is 11.5 Å². The smallest absolute Gasteiger partial charge is 0.166 e. The van der Waals surface area contributed by atoms with Gasteiger partial charge < -0.3 is 9.47 Å². The molecule has 0 bridgehead atoms. The molecule has 0 amide bonds. The van der Waals surface area contributed by atoms with E-state index in [1.165, 1.54) is 0 Å². The van der Waals surface area contributed by atoms with E-state index in [2.05, 4.69) is 15.9 Å². The molecule has 2 rings (SSSR count). The minimum absolute atomic E-state index is 0.401. The molecule has 0 aliphatic heterocycles. The number of hydrogen-bond donors (Lipinski definition) is 0. The van der Waals surface area contributed by atoms with Crippen LogP contribution in [-0.4, -0.2) is 7.11 Å². The number of hydrogen-bond acceptors (Lipinski definition) is 3. The van der Waals surface area contributed by atoms with E-state index in [1.54, 1.807) is 18.4 Å². The third-order valence-electron chi connectivity index (χ3n) is 2.46. The van der Waals surface area contributed by atoms with Gasteiger partial charge in [0, 0.05) is 10.0 Å². The Hall–Kier alpha value is -0.710. The van der Waals surface area contributed by atoms with Gasteiger partial charge in [0.2, 0.25) is 0 Å². The van der Waals surface area contributed by atoms with Crippen molar-refractivity contribution in [2.45, 2.75) is 12.5 Å². The first-order valence-electron chi connectivity index (χ1n) is 5.32. The van der Waals surface area contributed by atoms with Gasteiger partial charge in [0.1, 0.15) is 6.61 Å². The van der Waals surface area contributed by atoms with Gasteiger partial charge in [-0.05, 0) is 33.4 Å². The maximum Gasteiger partial charge on any atom is 0.166 e. The highest BCUT2D eigenvalue weighted by Gasteiger charge is 2.11. The van der Waals surface area contributed by atoms with Crippen molar-refractivity contribution < 1.29 is 9.47 Å². The number of benzene rings is 1. The van der Waals surface area contributed by atoms with E-state index in [-0.39, 0.29) is 0 Å². The zero-order chi connectivity index (χ0) is 13.0. The largest absolute Gasteiger partial charge is 0.493 e.